The summed E-state index contributed by atoms with van der Waals surface area (Å²) in [5.41, 5.74) is 2.42. The number of nitro benzene ring substituents is 1. The molecule has 0 spiro atoms. The van der Waals surface area contributed by atoms with Gasteiger partial charge in [-0.2, -0.15) is 0 Å². The van der Waals surface area contributed by atoms with Crippen LogP contribution in [0.4, 0.5) is 5.69 Å². The van der Waals surface area contributed by atoms with E-state index in [2.05, 4.69) is 36.4 Å². The van der Waals surface area contributed by atoms with Crippen molar-refractivity contribution < 1.29 is 23.9 Å². The van der Waals surface area contributed by atoms with E-state index in [1.807, 2.05) is 54.6 Å². The number of nitro groups is 1. The van der Waals surface area contributed by atoms with Crippen molar-refractivity contribution in [3.05, 3.63) is 142 Å². The van der Waals surface area contributed by atoms with Gasteiger partial charge >= 0.3 is 0 Å². The predicted octanol–water partition coefficient (Wildman–Crippen LogP) is 6.02. The summed E-state index contributed by atoms with van der Waals surface area (Å²) in [7, 11) is 0. The lowest BCUT2D eigenvalue weighted by Crippen LogP contribution is -2.34. The van der Waals surface area contributed by atoms with Crippen LogP contribution in [-0.2, 0) is 19.8 Å². The average molecular weight is 514 g/mol. The fraction of sp³-hybridized carbons (Fsp3) is 0.226. The van der Waals surface area contributed by atoms with Crippen molar-refractivity contribution in [2.24, 2.45) is 0 Å². The van der Waals surface area contributed by atoms with Crippen molar-refractivity contribution in [1.82, 2.24) is 0 Å². The molecule has 4 aromatic carbocycles. The van der Waals surface area contributed by atoms with Crippen LogP contribution >= 0.6 is 0 Å². The van der Waals surface area contributed by atoms with Crippen LogP contribution in [0.5, 0.6) is 5.75 Å². The van der Waals surface area contributed by atoms with E-state index in [9.17, 15) is 10.1 Å². The summed E-state index contributed by atoms with van der Waals surface area (Å²) in [4.78, 5) is 10.3. The summed E-state index contributed by atoms with van der Waals surface area (Å²) in [6.45, 7) is 2.38. The van der Waals surface area contributed by atoms with Gasteiger partial charge in [0.1, 0.15) is 18.0 Å². The summed E-state index contributed by atoms with van der Waals surface area (Å²) in [6, 6.07) is 36.7. The third kappa shape index (κ3) is 7.04. The molecule has 0 aliphatic rings. The molecule has 7 heteroatoms. The van der Waals surface area contributed by atoms with E-state index in [0.717, 1.165) is 16.7 Å². The molecule has 7 nitrogen and oxygen atoms in total. The van der Waals surface area contributed by atoms with Crippen LogP contribution in [0.2, 0.25) is 0 Å². The molecule has 0 unspecified atom stereocenters. The summed E-state index contributed by atoms with van der Waals surface area (Å²) in [6.07, 6.45) is 0. The Morgan fingerprint density at radius 2 is 0.974 bits per heavy atom. The topological polar surface area (TPSA) is 80.1 Å². The zero-order valence-electron chi connectivity index (χ0n) is 21.1. The molecular formula is C31H31NO6. The summed E-state index contributed by atoms with van der Waals surface area (Å²) in [5.74, 6) is 0.561. The van der Waals surface area contributed by atoms with E-state index in [-0.39, 0.29) is 5.69 Å². The maximum absolute atomic E-state index is 10.7. The Morgan fingerprint density at radius 3 is 1.42 bits per heavy atom. The first-order chi connectivity index (χ1) is 18.7. The van der Waals surface area contributed by atoms with E-state index in [0.29, 0.717) is 45.4 Å². The molecule has 0 atom stereocenters. The fourth-order valence-corrected chi connectivity index (χ4v) is 4.23. The van der Waals surface area contributed by atoms with Gasteiger partial charge in [-0.25, -0.2) is 0 Å². The van der Waals surface area contributed by atoms with Crippen LogP contribution in [0.15, 0.2) is 115 Å². The smallest absolute Gasteiger partial charge is 0.269 e. The highest BCUT2D eigenvalue weighted by Gasteiger charge is 2.37. The van der Waals surface area contributed by atoms with Gasteiger partial charge in [0, 0.05) is 12.1 Å². The van der Waals surface area contributed by atoms with Crippen LogP contribution < -0.4 is 4.74 Å². The molecule has 0 aliphatic carbocycles. The Hall–Kier alpha value is -4.04. The first-order valence-corrected chi connectivity index (χ1v) is 12.5. The van der Waals surface area contributed by atoms with Gasteiger partial charge in [-0.05, 0) is 28.8 Å². The second-order valence-electron chi connectivity index (χ2n) is 8.45. The van der Waals surface area contributed by atoms with Crippen molar-refractivity contribution in [3.8, 4) is 5.75 Å². The number of benzene rings is 4. The number of ether oxygens (including phenoxy) is 4. The second-order valence-corrected chi connectivity index (χ2v) is 8.45. The maximum Gasteiger partial charge on any atom is 0.269 e. The molecule has 0 fully saturated rings. The third-order valence-electron chi connectivity index (χ3n) is 6.00. The Bertz CT molecular complexity index is 1140. The van der Waals surface area contributed by atoms with Gasteiger partial charge in [-0.15, -0.1) is 0 Å². The molecule has 38 heavy (non-hydrogen) atoms. The Kier molecular flexibility index (Phi) is 9.98. The largest absolute Gasteiger partial charge is 0.491 e. The first kappa shape index (κ1) is 27.0. The highest BCUT2D eigenvalue weighted by molar-refractivity contribution is 5.47. The second kappa shape index (κ2) is 14.0. The monoisotopic (exact) mass is 513 g/mol. The van der Waals surface area contributed by atoms with Crippen LogP contribution in [0, 0.1) is 10.1 Å². The molecule has 0 saturated heterocycles. The van der Waals surface area contributed by atoms with Crippen molar-refractivity contribution in [1.29, 1.82) is 0 Å². The number of hydrogen-bond acceptors (Lipinski definition) is 6. The Labute approximate surface area is 222 Å². The molecule has 4 aromatic rings. The lowest BCUT2D eigenvalue weighted by atomic mass is 9.80. The minimum absolute atomic E-state index is 0.0308. The van der Waals surface area contributed by atoms with Gasteiger partial charge in [0.05, 0.1) is 38.0 Å². The van der Waals surface area contributed by atoms with Crippen molar-refractivity contribution in [2.45, 2.75) is 5.60 Å². The van der Waals surface area contributed by atoms with E-state index in [4.69, 9.17) is 18.9 Å². The number of hydrogen-bond donors (Lipinski definition) is 0. The molecular weight excluding hydrogens is 482 g/mol. The minimum atomic E-state index is -0.765. The lowest BCUT2D eigenvalue weighted by molar-refractivity contribution is -0.384. The van der Waals surface area contributed by atoms with Gasteiger partial charge in [0.2, 0.25) is 0 Å². The fourth-order valence-electron chi connectivity index (χ4n) is 4.23. The standard InChI is InChI=1S/C31H31NO6/c33-32(34)29-16-18-30(19-17-29)37-24-22-35-20-21-36-23-25-38-31(26-10-4-1-5-11-26,27-12-6-2-7-13-27)28-14-8-3-9-15-28/h1-19H,20-25H2. The molecule has 0 bridgehead atoms. The van der Waals surface area contributed by atoms with Gasteiger partial charge in [-0.1, -0.05) is 91.0 Å². The molecule has 0 radical (unpaired) electrons. The molecule has 196 valence electrons. The van der Waals surface area contributed by atoms with E-state index < -0.39 is 10.5 Å². The highest BCUT2D eigenvalue weighted by atomic mass is 16.6. The van der Waals surface area contributed by atoms with Crippen molar-refractivity contribution in [3.63, 3.8) is 0 Å². The quantitative estimate of drug-likeness (QED) is 0.0838. The lowest BCUT2D eigenvalue weighted by Gasteiger charge is -2.36. The van der Waals surface area contributed by atoms with Gasteiger partial charge in [-0.3, -0.25) is 10.1 Å². The summed E-state index contributed by atoms with van der Waals surface area (Å²) in [5, 5.41) is 10.7. The molecule has 0 aromatic heterocycles. The van der Waals surface area contributed by atoms with Gasteiger partial charge in [0.25, 0.3) is 5.69 Å². The Balaban J connectivity index is 1.26. The minimum Gasteiger partial charge on any atom is -0.491 e. The van der Waals surface area contributed by atoms with Crippen molar-refractivity contribution in [2.75, 3.05) is 39.6 Å². The molecule has 4 rings (SSSR count). The third-order valence-corrected chi connectivity index (χ3v) is 6.00. The average Bonchev–Trinajstić information content (AvgIpc) is 2.98. The van der Waals surface area contributed by atoms with Crippen LogP contribution in [0.3, 0.4) is 0 Å². The molecule has 0 aliphatic heterocycles. The molecule has 0 N–H and O–H groups in total. The maximum atomic E-state index is 10.7. The molecule has 0 heterocycles. The zero-order chi connectivity index (χ0) is 26.5. The van der Waals surface area contributed by atoms with E-state index in [1.54, 1.807) is 12.1 Å². The molecule has 0 amide bonds. The SMILES string of the molecule is O=[N+]([O-])c1ccc(OCCOCCOCCOC(c2ccccc2)(c2ccccc2)c2ccccc2)cc1. The van der Waals surface area contributed by atoms with E-state index in [1.165, 1.54) is 12.1 Å². The first-order valence-electron chi connectivity index (χ1n) is 12.5. The predicted molar refractivity (Wildman–Crippen MR) is 145 cm³/mol. The number of non-ortho nitro benzene ring substituents is 1. The number of nitrogens with zero attached hydrogens (tertiary/aromatic N) is 1. The van der Waals surface area contributed by atoms with Crippen LogP contribution in [0.1, 0.15) is 16.7 Å². The van der Waals surface area contributed by atoms with Crippen molar-refractivity contribution >= 4 is 5.69 Å². The normalized spacial score (nSPS) is 11.3. The zero-order valence-corrected chi connectivity index (χ0v) is 21.1. The van der Waals surface area contributed by atoms with Gasteiger partial charge < -0.3 is 18.9 Å². The molecule has 0 saturated carbocycles. The van der Waals surface area contributed by atoms with Gasteiger partial charge in [0.15, 0.2) is 0 Å². The summed E-state index contributed by atoms with van der Waals surface area (Å²) < 4.78 is 23.6. The number of rotatable bonds is 15. The highest BCUT2D eigenvalue weighted by Crippen LogP contribution is 2.40. The van der Waals surface area contributed by atoms with Crippen LogP contribution in [-0.4, -0.2) is 44.6 Å². The summed E-state index contributed by atoms with van der Waals surface area (Å²) >= 11 is 0. The van der Waals surface area contributed by atoms with Crippen LogP contribution in [0.25, 0.3) is 0 Å². The Morgan fingerprint density at radius 1 is 0.553 bits per heavy atom. The van der Waals surface area contributed by atoms with E-state index >= 15 is 0 Å².